The van der Waals surface area contributed by atoms with E-state index < -0.39 is 0 Å². The number of halogens is 2. The van der Waals surface area contributed by atoms with E-state index in [2.05, 4.69) is 9.97 Å². The van der Waals surface area contributed by atoms with Gasteiger partial charge in [-0.3, -0.25) is 0 Å². The van der Waals surface area contributed by atoms with Crippen LogP contribution in [0.5, 0.6) is 0 Å². The lowest BCUT2D eigenvalue weighted by Gasteiger charge is -2.01. The van der Waals surface area contributed by atoms with E-state index in [0.29, 0.717) is 5.02 Å². The van der Waals surface area contributed by atoms with E-state index in [1.54, 1.807) is 12.3 Å². The van der Waals surface area contributed by atoms with Crippen LogP contribution in [0.4, 0.5) is 0 Å². The van der Waals surface area contributed by atoms with E-state index in [1.807, 2.05) is 18.5 Å². The highest BCUT2D eigenvalue weighted by Crippen LogP contribution is 2.23. The summed E-state index contributed by atoms with van der Waals surface area (Å²) < 4.78 is 1.88. The number of aromatic nitrogens is 3. The van der Waals surface area contributed by atoms with Gasteiger partial charge in [0.1, 0.15) is 11.3 Å². The zero-order valence-electron chi connectivity index (χ0n) is 7.83. The van der Waals surface area contributed by atoms with Crippen molar-refractivity contribution in [2.75, 3.05) is 0 Å². The van der Waals surface area contributed by atoms with Gasteiger partial charge in [-0.2, -0.15) is 0 Å². The fraction of sp³-hybridized carbons (Fsp3) is 0.333. The van der Waals surface area contributed by atoms with Gasteiger partial charge < -0.3 is 4.57 Å². The van der Waals surface area contributed by atoms with Gasteiger partial charge in [-0.1, -0.05) is 11.6 Å². The lowest BCUT2D eigenvalue weighted by atomic mass is 10.4. The first kappa shape index (κ1) is 9.74. The van der Waals surface area contributed by atoms with Crippen LogP contribution in [0.1, 0.15) is 18.1 Å². The van der Waals surface area contributed by atoms with Gasteiger partial charge in [0.25, 0.3) is 0 Å². The van der Waals surface area contributed by atoms with Crippen LogP contribution in [0.2, 0.25) is 5.02 Å². The third kappa shape index (κ3) is 1.47. The van der Waals surface area contributed by atoms with Crippen molar-refractivity contribution in [3.05, 3.63) is 23.1 Å². The maximum Gasteiger partial charge on any atom is 0.159 e. The van der Waals surface area contributed by atoms with Crippen LogP contribution >= 0.6 is 23.2 Å². The zero-order chi connectivity index (χ0) is 10.3. The van der Waals surface area contributed by atoms with Crippen molar-refractivity contribution in [1.82, 2.24) is 14.5 Å². The number of imidazole rings is 1. The summed E-state index contributed by atoms with van der Waals surface area (Å²) in [5.41, 5.74) is 1.58. The molecule has 0 aliphatic carbocycles. The maximum atomic E-state index is 5.98. The SMILES string of the molecule is CC(Cl)c1nc2cc(Cl)cnc2n1C. The molecule has 2 aromatic heterocycles. The molecule has 5 heteroatoms. The summed E-state index contributed by atoms with van der Waals surface area (Å²) >= 11 is 11.8. The molecule has 2 heterocycles. The first-order valence-electron chi connectivity index (χ1n) is 4.21. The third-order valence-electron chi connectivity index (χ3n) is 2.07. The van der Waals surface area contributed by atoms with E-state index >= 15 is 0 Å². The number of alkyl halides is 1. The van der Waals surface area contributed by atoms with Crippen molar-refractivity contribution in [1.29, 1.82) is 0 Å². The topological polar surface area (TPSA) is 30.7 Å². The smallest absolute Gasteiger partial charge is 0.159 e. The minimum Gasteiger partial charge on any atom is -0.315 e. The number of aryl methyl sites for hydroxylation is 1. The predicted octanol–water partition coefficient (Wildman–Crippen LogP) is 2.92. The van der Waals surface area contributed by atoms with Gasteiger partial charge >= 0.3 is 0 Å². The van der Waals surface area contributed by atoms with Crippen molar-refractivity contribution >= 4 is 34.4 Å². The average molecular weight is 230 g/mol. The molecule has 14 heavy (non-hydrogen) atoms. The summed E-state index contributed by atoms with van der Waals surface area (Å²) in [6.45, 7) is 1.88. The van der Waals surface area contributed by atoms with Crippen LogP contribution in [0.15, 0.2) is 12.3 Å². The van der Waals surface area contributed by atoms with E-state index in [9.17, 15) is 0 Å². The number of rotatable bonds is 1. The Morgan fingerprint density at radius 3 is 2.86 bits per heavy atom. The highest BCUT2D eigenvalue weighted by Gasteiger charge is 2.12. The molecule has 0 N–H and O–H groups in total. The van der Waals surface area contributed by atoms with Gasteiger partial charge in [0.2, 0.25) is 0 Å². The molecule has 0 saturated carbocycles. The van der Waals surface area contributed by atoms with Gasteiger partial charge in [0.15, 0.2) is 5.65 Å². The van der Waals surface area contributed by atoms with E-state index in [4.69, 9.17) is 23.2 Å². The van der Waals surface area contributed by atoms with Crippen LogP contribution in [0.25, 0.3) is 11.2 Å². The summed E-state index contributed by atoms with van der Waals surface area (Å²) in [6, 6.07) is 1.78. The minimum atomic E-state index is -0.132. The molecule has 0 bridgehead atoms. The normalized spacial score (nSPS) is 13.4. The van der Waals surface area contributed by atoms with Crippen LogP contribution in [0, 0.1) is 0 Å². The Labute approximate surface area is 91.7 Å². The van der Waals surface area contributed by atoms with E-state index in [0.717, 1.165) is 17.0 Å². The monoisotopic (exact) mass is 229 g/mol. The maximum absolute atomic E-state index is 5.98. The Kier molecular flexibility index (Phi) is 2.37. The van der Waals surface area contributed by atoms with Gasteiger partial charge in [0.05, 0.1) is 10.4 Å². The number of hydrogen-bond acceptors (Lipinski definition) is 2. The summed E-state index contributed by atoms with van der Waals surface area (Å²) in [5.74, 6) is 0.802. The second-order valence-corrected chi connectivity index (χ2v) is 4.23. The summed E-state index contributed by atoms with van der Waals surface area (Å²) in [7, 11) is 1.89. The third-order valence-corrected chi connectivity index (χ3v) is 2.47. The Morgan fingerprint density at radius 2 is 2.21 bits per heavy atom. The van der Waals surface area contributed by atoms with Crippen LogP contribution < -0.4 is 0 Å². The van der Waals surface area contributed by atoms with E-state index in [-0.39, 0.29) is 5.38 Å². The molecule has 2 rings (SSSR count). The highest BCUT2D eigenvalue weighted by molar-refractivity contribution is 6.31. The lowest BCUT2D eigenvalue weighted by molar-refractivity contribution is 0.805. The molecule has 74 valence electrons. The Morgan fingerprint density at radius 1 is 1.50 bits per heavy atom. The first-order chi connectivity index (χ1) is 6.59. The molecular formula is C9H9Cl2N3. The molecule has 0 spiro atoms. The predicted molar refractivity (Wildman–Crippen MR) is 57.8 cm³/mol. The minimum absolute atomic E-state index is 0.132. The Hall–Kier alpha value is -0.800. The first-order valence-corrected chi connectivity index (χ1v) is 5.03. The fourth-order valence-electron chi connectivity index (χ4n) is 1.42. The quantitative estimate of drug-likeness (QED) is 0.705. The summed E-state index contributed by atoms with van der Waals surface area (Å²) in [4.78, 5) is 8.55. The average Bonchev–Trinajstić information content (AvgIpc) is 2.43. The molecule has 0 saturated heterocycles. The standard InChI is InChI=1S/C9H9Cl2N3/c1-5(10)8-13-7-3-6(11)4-12-9(7)14(8)2/h3-5H,1-2H3. The molecule has 0 radical (unpaired) electrons. The van der Waals surface area contributed by atoms with Crippen LogP contribution in [-0.2, 0) is 7.05 Å². The van der Waals surface area contributed by atoms with Crippen molar-refractivity contribution in [2.24, 2.45) is 7.05 Å². The fourth-order valence-corrected chi connectivity index (χ4v) is 1.77. The van der Waals surface area contributed by atoms with Gasteiger partial charge in [-0.05, 0) is 13.0 Å². The molecular weight excluding hydrogens is 221 g/mol. The second kappa shape index (κ2) is 3.41. The van der Waals surface area contributed by atoms with Crippen molar-refractivity contribution in [3.8, 4) is 0 Å². The molecule has 0 aromatic carbocycles. The molecule has 3 nitrogen and oxygen atoms in total. The van der Waals surface area contributed by atoms with E-state index in [1.165, 1.54) is 0 Å². The highest BCUT2D eigenvalue weighted by atomic mass is 35.5. The molecule has 1 atom stereocenters. The molecule has 2 aromatic rings. The number of fused-ring (bicyclic) bond motifs is 1. The second-order valence-electron chi connectivity index (χ2n) is 3.14. The molecule has 1 unspecified atom stereocenters. The Bertz CT molecular complexity index is 476. The van der Waals surface area contributed by atoms with Gasteiger partial charge in [-0.25, -0.2) is 9.97 Å². The van der Waals surface area contributed by atoms with Crippen molar-refractivity contribution < 1.29 is 0 Å². The van der Waals surface area contributed by atoms with Crippen molar-refractivity contribution in [2.45, 2.75) is 12.3 Å². The number of nitrogens with zero attached hydrogens (tertiary/aromatic N) is 3. The Balaban J connectivity index is 2.73. The molecule has 0 aliphatic heterocycles. The number of hydrogen-bond donors (Lipinski definition) is 0. The van der Waals surface area contributed by atoms with Crippen LogP contribution in [0.3, 0.4) is 0 Å². The molecule has 0 fully saturated rings. The van der Waals surface area contributed by atoms with Crippen LogP contribution in [-0.4, -0.2) is 14.5 Å². The zero-order valence-corrected chi connectivity index (χ0v) is 9.34. The summed E-state index contributed by atoms with van der Waals surface area (Å²) in [5, 5.41) is 0.456. The largest absolute Gasteiger partial charge is 0.315 e. The van der Waals surface area contributed by atoms with Gasteiger partial charge in [0, 0.05) is 13.2 Å². The summed E-state index contributed by atoms with van der Waals surface area (Å²) in [6.07, 6.45) is 1.61. The lowest BCUT2D eigenvalue weighted by Crippen LogP contribution is -1.98. The van der Waals surface area contributed by atoms with Crippen molar-refractivity contribution in [3.63, 3.8) is 0 Å². The molecule has 0 amide bonds. The van der Waals surface area contributed by atoms with Gasteiger partial charge in [-0.15, -0.1) is 11.6 Å². The molecule has 0 aliphatic rings. The number of pyridine rings is 1.